The Balaban J connectivity index is 1.44. The fraction of sp³-hybridized carbons (Fsp3) is 0.375. The van der Waals surface area contributed by atoms with Gasteiger partial charge in [-0.1, -0.05) is 30.0 Å². The van der Waals surface area contributed by atoms with Gasteiger partial charge in [0.05, 0.1) is 5.92 Å². The third-order valence-corrected chi connectivity index (χ3v) is 4.72. The van der Waals surface area contributed by atoms with Gasteiger partial charge in [0.2, 0.25) is 5.91 Å². The number of nitrogens with zero attached hydrogens (tertiary/aromatic N) is 2. The highest BCUT2D eigenvalue weighted by molar-refractivity contribution is 7.99. The largest absolute Gasteiger partial charge is 0.492 e. The molecule has 1 aliphatic rings. The monoisotopic (exact) mass is 317 g/mol. The van der Waals surface area contributed by atoms with Crippen molar-refractivity contribution >= 4 is 17.7 Å². The summed E-state index contributed by atoms with van der Waals surface area (Å²) < 4.78 is 7.63. The van der Waals surface area contributed by atoms with Crippen molar-refractivity contribution in [3.8, 4) is 5.75 Å². The summed E-state index contributed by atoms with van der Waals surface area (Å²) in [6, 6.07) is 7.90. The van der Waals surface area contributed by atoms with Crippen molar-refractivity contribution in [1.82, 2.24) is 14.9 Å². The predicted octanol–water partition coefficient (Wildman–Crippen LogP) is 1.88. The van der Waals surface area contributed by atoms with E-state index in [9.17, 15) is 4.79 Å². The molecular formula is C16H19N3O2S. The lowest BCUT2D eigenvalue weighted by molar-refractivity contribution is -0.126. The van der Waals surface area contributed by atoms with Crippen LogP contribution < -0.4 is 10.1 Å². The normalized spacial score (nSPS) is 16.7. The molecule has 3 rings (SSSR count). The van der Waals surface area contributed by atoms with Crippen molar-refractivity contribution in [2.24, 2.45) is 13.0 Å². The van der Waals surface area contributed by atoms with Gasteiger partial charge in [0.1, 0.15) is 12.4 Å². The Bertz CT molecular complexity index is 656. The number of imidazole rings is 1. The SMILES string of the molecule is Cn1ccnc1SCCNC(=O)[C@H]1COc2ccccc2C1. The zero-order chi connectivity index (χ0) is 15.4. The van der Waals surface area contributed by atoms with Gasteiger partial charge in [0.15, 0.2) is 5.16 Å². The van der Waals surface area contributed by atoms with E-state index in [0.29, 0.717) is 13.2 Å². The minimum Gasteiger partial charge on any atom is -0.492 e. The smallest absolute Gasteiger partial charge is 0.226 e. The van der Waals surface area contributed by atoms with Crippen LogP contribution in [0.2, 0.25) is 0 Å². The fourth-order valence-corrected chi connectivity index (χ4v) is 3.23. The van der Waals surface area contributed by atoms with Crippen LogP contribution in [-0.2, 0) is 18.3 Å². The number of fused-ring (bicyclic) bond motifs is 1. The molecule has 0 unspecified atom stereocenters. The van der Waals surface area contributed by atoms with Gasteiger partial charge in [0.25, 0.3) is 0 Å². The van der Waals surface area contributed by atoms with E-state index in [0.717, 1.165) is 28.6 Å². The maximum atomic E-state index is 12.2. The number of aryl methyl sites for hydroxylation is 1. The second-order valence-corrected chi connectivity index (χ2v) is 6.34. The molecule has 1 aromatic carbocycles. The first-order valence-corrected chi connectivity index (χ1v) is 8.31. The molecule has 1 N–H and O–H groups in total. The van der Waals surface area contributed by atoms with Crippen LogP contribution in [0.25, 0.3) is 0 Å². The maximum Gasteiger partial charge on any atom is 0.226 e. The molecule has 116 valence electrons. The van der Waals surface area contributed by atoms with Crippen LogP contribution in [0.1, 0.15) is 5.56 Å². The number of amides is 1. The van der Waals surface area contributed by atoms with Gasteiger partial charge in [0, 0.05) is 31.7 Å². The fourth-order valence-electron chi connectivity index (χ4n) is 2.45. The summed E-state index contributed by atoms with van der Waals surface area (Å²) in [7, 11) is 1.96. The van der Waals surface area contributed by atoms with Crippen LogP contribution in [-0.4, -0.2) is 34.4 Å². The molecule has 0 saturated carbocycles. The van der Waals surface area contributed by atoms with E-state index < -0.39 is 0 Å². The number of nitrogens with one attached hydrogen (secondary N) is 1. The number of carbonyl (C=O) groups is 1. The molecular weight excluding hydrogens is 298 g/mol. The van der Waals surface area contributed by atoms with Gasteiger partial charge in [-0.25, -0.2) is 4.98 Å². The summed E-state index contributed by atoms with van der Waals surface area (Å²) in [6.07, 6.45) is 4.43. The number of thioether (sulfide) groups is 1. The quantitative estimate of drug-likeness (QED) is 0.676. The highest BCUT2D eigenvalue weighted by Crippen LogP contribution is 2.26. The Morgan fingerprint density at radius 3 is 3.18 bits per heavy atom. The number of aromatic nitrogens is 2. The molecule has 5 nitrogen and oxygen atoms in total. The maximum absolute atomic E-state index is 12.2. The van der Waals surface area contributed by atoms with Crippen molar-refractivity contribution in [3.63, 3.8) is 0 Å². The van der Waals surface area contributed by atoms with Gasteiger partial charge in [-0.15, -0.1) is 0 Å². The molecule has 1 aromatic heterocycles. The Morgan fingerprint density at radius 2 is 2.36 bits per heavy atom. The summed E-state index contributed by atoms with van der Waals surface area (Å²) in [4.78, 5) is 16.5. The van der Waals surface area contributed by atoms with Crippen LogP contribution in [0.5, 0.6) is 5.75 Å². The lowest BCUT2D eigenvalue weighted by Crippen LogP contribution is -2.38. The van der Waals surface area contributed by atoms with Crippen molar-refractivity contribution in [3.05, 3.63) is 42.2 Å². The summed E-state index contributed by atoms with van der Waals surface area (Å²) in [6.45, 7) is 1.09. The summed E-state index contributed by atoms with van der Waals surface area (Å²) in [5.74, 6) is 1.67. The summed E-state index contributed by atoms with van der Waals surface area (Å²) in [5.41, 5.74) is 1.11. The van der Waals surface area contributed by atoms with Crippen LogP contribution in [0, 0.1) is 5.92 Å². The van der Waals surface area contributed by atoms with Gasteiger partial charge < -0.3 is 14.6 Å². The molecule has 1 atom stereocenters. The first kappa shape index (κ1) is 15.0. The molecule has 6 heteroatoms. The number of rotatable bonds is 5. The van der Waals surface area contributed by atoms with E-state index in [-0.39, 0.29) is 11.8 Å². The number of hydrogen-bond acceptors (Lipinski definition) is 4. The molecule has 1 amide bonds. The van der Waals surface area contributed by atoms with E-state index in [1.54, 1.807) is 18.0 Å². The lowest BCUT2D eigenvalue weighted by Gasteiger charge is -2.24. The van der Waals surface area contributed by atoms with E-state index in [2.05, 4.69) is 10.3 Å². The average Bonchev–Trinajstić information content (AvgIpc) is 2.96. The third-order valence-electron chi connectivity index (χ3n) is 3.66. The topological polar surface area (TPSA) is 56.2 Å². The number of ether oxygens (including phenoxy) is 1. The zero-order valence-corrected chi connectivity index (χ0v) is 13.3. The van der Waals surface area contributed by atoms with Crippen LogP contribution in [0.15, 0.2) is 41.8 Å². The first-order chi connectivity index (χ1) is 10.7. The van der Waals surface area contributed by atoms with Crippen LogP contribution in [0.3, 0.4) is 0 Å². The second kappa shape index (κ2) is 6.87. The van der Waals surface area contributed by atoms with E-state index in [1.807, 2.05) is 42.1 Å². The third kappa shape index (κ3) is 3.44. The Hall–Kier alpha value is -1.95. The number of carbonyl (C=O) groups excluding carboxylic acids is 1. The zero-order valence-electron chi connectivity index (χ0n) is 12.5. The standard InChI is InChI=1S/C16H19N3O2S/c1-19-8-6-18-16(19)22-9-7-17-15(20)13-10-12-4-2-3-5-14(12)21-11-13/h2-6,8,13H,7,9-11H2,1H3,(H,17,20)/t13-/m1/s1. The van der Waals surface area contributed by atoms with Gasteiger partial charge in [-0.05, 0) is 18.1 Å². The Morgan fingerprint density at radius 1 is 1.50 bits per heavy atom. The highest BCUT2D eigenvalue weighted by Gasteiger charge is 2.25. The van der Waals surface area contributed by atoms with Crippen molar-refractivity contribution in [2.45, 2.75) is 11.6 Å². The number of para-hydroxylation sites is 1. The van der Waals surface area contributed by atoms with Crippen LogP contribution >= 0.6 is 11.8 Å². The molecule has 22 heavy (non-hydrogen) atoms. The molecule has 0 bridgehead atoms. The molecule has 0 fully saturated rings. The molecule has 2 heterocycles. The molecule has 0 spiro atoms. The van der Waals surface area contributed by atoms with E-state index >= 15 is 0 Å². The average molecular weight is 317 g/mol. The minimum atomic E-state index is -0.104. The minimum absolute atomic E-state index is 0.0648. The Labute approximate surface area is 134 Å². The van der Waals surface area contributed by atoms with E-state index in [4.69, 9.17) is 4.74 Å². The number of benzene rings is 1. The van der Waals surface area contributed by atoms with Crippen molar-refractivity contribution < 1.29 is 9.53 Å². The second-order valence-electron chi connectivity index (χ2n) is 5.28. The van der Waals surface area contributed by atoms with Crippen molar-refractivity contribution in [2.75, 3.05) is 18.9 Å². The van der Waals surface area contributed by atoms with Crippen LogP contribution in [0.4, 0.5) is 0 Å². The predicted molar refractivity (Wildman–Crippen MR) is 86.1 cm³/mol. The van der Waals surface area contributed by atoms with Gasteiger partial charge in [-0.2, -0.15) is 0 Å². The van der Waals surface area contributed by atoms with Gasteiger partial charge >= 0.3 is 0 Å². The Kier molecular flexibility index (Phi) is 4.68. The molecule has 2 aromatic rings. The van der Waals surface area contributed by atoms with Crippen molar-refractivity contribution in [1.29, 1.82) is 0 Å². The highest BCUT2D eigenvalue weighted by atomic mass is 32.2. The summed E-state index contributed by atoms with van der Waals surface area (Å²) in [5, 5.41) is 3.95. The summed E-state index contributed by atoms with van der Waals surface area (Å²) >= 11 is 1.64. The molecule has 1 aliphatic heterocycles. The first-order valence-electron chi connectivity index (χ1n) is 7.32. The number of hydrogen-bond donors (Lipinski definition) is 1. The van der Waals surface area contributed by atoms with Gasteiger partial charge in [-0.3, -0.25) is 4.79 Å². The van der Waals surface area contributed by atoms with E-state index in [1.165, 1.54) is 0 Å². The molecule has 0 radical (unpaired) electrons. The lowest BCUT2D eigenvalue weighted by atomic mass is 9.96. The molecule has 0 saturated heterocycles. The molecule has 0 aliphatic carbocycles.